The Morgan fingerprint density at radius 2 is 1.90 bits per heavy atom. The van der Waals surface area contributed by atoms with E-state index >= 15 is 0 Å². The lowest BCUT2D eigenvalue weighted by Gasteiger charge is -2.33. The topological polar surface area (TPSA) is 72.6 Å². The number of rotatable bonds is 8. The molecule has 0 aliphatic heterocycles. The Kier molecular flexibility index (Phi) is 6.48. The molecule has 120 valence electrons. The Bertz CT molecular complexity index is 554. The smallest absolute Gasteiger partial charge is 0.175 e. The standard InChI is InChI=1S/C15H26N2O3S/c1-5-12(6-2)17(9-10-20-3)15-8-7-13(11-14(15)16)21(4,18)19/h7-8,11-12H,5-6,9-10,16H2,1-4H3. The van der Waals surface area contributed by atoms with E-state index in [1.807, 2.05) is 0 Å². The van der Waals surface area contributed by atoms with Crippen LogP contribution in [0.2, 0.25) is 0 Å². The van der Waals surface area contributed by atoms with Gasteiger partial charge >= 0.3 is 0 Å². The molecule has 0 unspecified atom stereocenters. The molecule has 0 aliphatic carbocycles. The van der Waals surface area contributed by atoms with Crippen LogP contribution in [-0.2, 0) is 14.6 Å². The highest BCUT2D eigenvalue weighted by Gasteiger charge is 2.19. The van der Waals surface area contributed by atoms with Gasteiger partial charge in [-0.15, -0.1) is 0 Å². The number of hydrogen-bond acceptors (Lipinski definition) is 5. The Morgan fingerprint density at radius 1 is 1.29 bits per heavy atom. The van der Waals surface area contributed by atoms with Crippen LogP contribution in [0.25, 0.3) is 0 Å². The first-order chi connectivity index (χ1) is 9.85. The Morgan fingerprint density at radius 3 is 2.33 bits per heavy atom. The van der Waals surface area contributed by atoms with Crippen molar-refractivity contribution in [3.8, 4) is 0 Å². The summed E-state index contributed by atoms with van der Waals surface area (Å²) in [4.78, 5) is 2.45. The summed E-state index contributed by atoms with van der Waals surface area (Å²) in [7, 11) is -1.57. The molecule has 0 amide bonds. The normalized spacial score (nSPS) is 11.9. The lowest BCUT2D eigenvalue weighted by molar-refractivity contribution is 0.202. The first-order valence-electron chi connectivity index (χ1n) is 7.20. The quantitative estimate of drug-likeness (QED) is 0.746. The fraction of sp³-hybridized carbons (Fsp3) is 0.600. The van der Waals surface area contributed by atoms with E-state index in [1.165, 1.54) is 12.3 Å². The fourth-order valence-electron chi connectivity index (χ4n) is 2.44. The van der Waals surface area contributed by atoms with Crippen molar-refractivity contribution >= 4 is 21.2 Å². The minimum atomic E-state index is -3.24. The van der Waals surface area contributed by atoms with Crippen LogP contribution in [0.4, 0.5) is 11.4 Å². The zero-order valence-corrected chi connectivity index (χ0v) is 14.1. The third kappa shape index (κ3) is 4.61. The maximum atomic E-state index is 11.6. The number of methoxy groups -OCH3 is 1. The summed E-state index contributed by atoms with van der Waals surface area (Å²) in [6, 6.07) is 5.29. The van der Waals surface area contributed by atoms with Gasteiger partial charge in [-0.3, -0.25) is 0 Å². The molecule has 0 saturated heterocycles. The van der Waals surface area contributed by atoms with Gasteiger partial charge in [-0.05, 0) is 31.0 Å². The summed E-state index contributed by atoms with van der Waals surface area (Å²) >= 11 is 0. The van der Waals surface area contributed by atoms with Crippen LogP contribution in [0.3, 0.4) is 0 Å². The van der Waals surface area contributed by atoms with Gasteiger partial charge in [-0.2, -0.15) is 0 Å². The highest BCUT2D eigenvalue weighted by Crippen LogP contribution is 2.29. The number of benzene rings is 1. The Hall–Kier alpha value is -1.27. The van der Waals surface area contributed by atoms with Gasteiger partial charge in [-0.1, -0.05) is 13.8 Å². The van der Waals surface area contributed by atoms with E-state index < -0.39 is 9.84 Å². The number of nitrogens with zero attached hydrogens (tertiary/aromatic N) is 1. The summed E-state index contributed by atoms with van der Waals surface area (Å²) in [5, 5.41) is 0. The molecule has 0 aliphatic rings. The Labute approximate surface area is 128 Å². The molecule has 1 aromatic carbocycles. The molecule has 0 atom stereocenters. The zero-order chi connectivity index (χ0) is 16.0. The van der Waals surface area contributed by atoms with Crippen molar-refractivity contribution in [3.05, 3.63) is 18.2 Å². The monoisotopic (exact) mass is 314 g/mol. The maximum absolute atomic E-state index is 11.6. The molecule has 0 radical (unpaired) electrons. The average Bonchev–Trinajstić information content (AvgIpc) is 2.43. The third-order valence-electron chi connectivity index (χ3n) is 3.66. The molecule has 21 heavy (non-hydrogen) atoms. The number of sulfone groups is 1. The first-order valence-corrected chi connectivity index (χ1v) is 9.09. The highest BCUT2D eigenvalue weighted by atomic mass is 32.2. The molecule has 2 N–H and O–H groups in total. The molecule has 0 heterocycles. The van der Waals surface area contributed by atoms with E-state index in [2.05, 4.69) is 18.7 Å². The highest BCUT2D eigenvalue weighted by molar-refractivity contribution is 7.90. The first kappa shape index (κ1) is 17.8. The molecule has 0 aromatic heterocycles. The van der Waals surface area contributed by atoms with Crippen LogP contribution >= 0.6 is 0 Å². The molecule has 6 heteroatoms. The van der Waals surface area contributed by atoms with Gasteiger partial charge in [0.25, 0.3) is 0 Å². The van der Waals surface area contributed by atoms with Gasteiger partial charge in [-0.25, -0.2) is 8.42 Å². The molecular formula is C15H26N2O3S. The summed E-state index contributed by atoms with van der Waals surface area (Å²) in [5.74, 6) is 0. The third-order valence-corrected chi connectivity index (χ3v) is 4.77. The minimum absolute atomic E-state index is 0.250. The number of hydrogen-bond donors (Lipinski definition) is 1. The molecule has 0 spiro atoms. The van der Waals surface area contributed by atoms with E-state index in [0.29, 0.717) is 18.3 Å². The second kappa shape index (κ2) is 7.66. The molecule has 1 rings (SSSR count). The summed E-state index contributed by atoms with van der Waals surface area (Å²) in [6.07, 6.45) is 3.17. The van der Waals surface area contributed by atoms with Crippen molar-refractivity contribution in [1.29, 1.82) is 0 Å². The summed E-state index contributed by atoms with van der Waals surface area (Å²) in [6.45, 7) is 5.60. The zero-order valence-electron chi connectivity index (χ0n) is 13.3. The SMILES string of the molecule is CCC(CC)N(CCOC)c1ccc(S(C)(=O)=O)cc1N. The lowest BCUT2D eigenvalue weighted by Crippen LogP contribution is -2.37. The van der Waals surface area contributed by atoms with Crippen LogP contribution < -0.4 is 10.6 Å². The van der Waals surface area contributed by atoms with Crippen LogP contribution in [0.1, 0.15) is 26.7 Å². The van der Waals surface area contributed by atoms with Gasteiger partial charge in [0.1, 0.15) is 0 Å². The van der Waals surface area contributed by atoms with Gasteiger partial charge in [0.15, 0.2) is 9.84 Å². The molecular weight excluding hydrogens is 288 g/mol. The summed E-state index contributed by atoms with van der Waals surface area (Å²) in [5.41, 5.74) is 7.45. The van der Waals surface area contributed by atoms with Crippen molar-refractivity contribution in [2.75, 3.05) is 37.2 Å². The fourth-order valence-corrected chi connectivity index (χ4v) is 3.10. The number of nitrogens with two attached hydrogens (primary N) is 1. The molecule has 0 bridgehead atoms. The van der Waals surface area contributed by atoms with Crippen molar-refractivity contribution in [2.45, 2.75) is 37.6 Å². The van der Waals surface area contributed by atoms with Crippen LogP contribution in [0.5, 0.6) is 0 Å². The molecule has 0 saturated carbocycles. The van der Waals surface area contributed by atoms with E-state index in [0.717, 1.165) is 25.1 Å². The van der Waals surface area contributed by atoms with E-state index in [9.17, 15) is 8.42 Å². The van der Waals surface area contributed by atoms with E-state index in [-0.39, 0.29) is 4.90 Å². The van der Waals surface area contributed by atoms with Crippen molar-refractivity contribution < 1.29 is 13.2 Å². The lowest BCUT2D eigenvalue weighted by atomic mass is 10.1. The van der Waals surface area contributed by atoms with Crippen molar-refractivity contribution in [1.82, 2.24) is 0 Å². The maximum Gasteiger partial charge on any atom is 0.175 e. The van der Waals surface area contributed by atoms with Gasteiger partial charge in [0, 0.05) is 26.0 Å². The molecule has 5 nitrogen and oxygen atoms in total. The second-order valence-corrected chi connectivity index (χ2v) is 7.17. The number of nitrogen functional groups attached to an aromatic ring is 1. The molecule has 0 fully saturated rings. The van der Waals surface area contributed by atoms with Gasteiger partial charge < -0.3 is 15.4 Å². The predicted octanol–water partition coefficient (Wildman–Crippen LogP) is 2.31. The number of ether oxygens (including phenoxy) is 1. The summed E-state index contributed by atoms with van der Waals surface area (Å²) < 4.78 is 28.4. The van der Waals surface area contributed by atoms with Crippen LogP contribution in [-0.4, -0.2) is 41.0 Å². The number of anilines is 2. The Balaban J connectivity index is 3.18. The van der Waals surface area contributed by atoms with Crippen molar-refractivity contribution in [2.24, 2.45) is 0 Å². The van der Waals surface area contributed by atoms with Gasteiger partial charge in [0.05, 0.1) is 22.9 Å². The molecule has 1 aromatic rings. The largest absolute Gasteiger partial charge is 0.397 e. The average molecular weight is 314 g/mol. The van der Waals surface area contributed by atoms with Gasteiger partial charge in [0.2, 0.25) is 0 Å². The minimum Gasteiger partial charge on any atom is -0.397 e. The van der Waals surface area contributed by atoms with Crippen molar-refractivity contribution in [3.63, 3.8) is 0 Å². The van der Waals surface area contributed by atoms with Crippen LogP contribution in [0.15, 0.2) is 23.1 Å². The van der Waals surface area contributed by atoms with E-state index in [4.69, 9.17) is 10.5 Å². The predicted molar refractivity (Wildman–Crippen MR) is 87.6 cm³/mol. The van der Waals surface area contributed by atoms with E-state index in [1.54, 1.807) is 19.2 Å². The van der Waals surface area contributed by atoms with Crippen LogP contribution in [0, 0.1) is 0 Å². The second-order valence-electron chi connectivity index (χ2n) is 5.15.